The van der Waals surface area contributed by atoms with Gasteiger partial charge in [-0.25, -0.2) is 5.43 Å². The highest BCUT2D eigenvalue weighted by Gasteiger charge is 2.21. The van der Waals surface area contributed by atoms with Gasteiger partial charge in [-0.2, -0.15) is 5.10 Å². The van der Waals surface area contributed by atoms with E-state index in [1.165, 1.54) is 0 Å². The molecule has 1 aromatic rings. The molecule has 1 aliphatic rings. The fourth-order valence-electron chi connectivity index (χ4n) is 2.09. The highest BCUT2D eigenvalue weighted by atomic mass is 16.2. The van der Waals surface area contributed by atoms with Gasteiger partial charge in [0, 0.05) is 31.1 Å². The lowest BCUT2D eigenvalue weighted by Gasteiger charge is -2.19. The summed E-state index contributed by atoms with van der Waals surface area (Å²) in [5.74, 6) is 0.151. The number of hydrogen-bond donors (Lipinski definition) is 3. The molecule has 0 radical (unpaired) electrons. The van der Waals surface area contributed by atoms with Crippen LogP contribution in [0.25, 0.3) is 0 Å². The van der Waals surface area contributed by atoms with Gasteiger partial charge in [0.2, 0.25) is 5.91 Å². The molecule has 0 spiro atoms. The van der Waals surface area contributed by atoms with E-state index in [-0.39, 0.29) is 11.8 Å². The van der Waals surface area contributed by atoms with E-state index in [1.54, 1.807) is 0 Å². The Bertz CT molecular complexity index is 467. The zero-order valence-corrected chi connectivity index (χ0v) is 11.4. The molecule has 1 aliphatic heterocycles. The van der Waals surface area contributed by atoms with Crippen molar-refractivity contribution in [1.82, 2.24) is 10.7 Å². The van der Waals surface area contributed by atoms with Gasteiger partial charge in [0.15, 0.2) is 0 Å². The standard InChI is InChI=1S/C14H20N4O/c1-10-9-13(19)17-18-14(10)11-3-5-12(6-4-11)16-8-7-15-2/h3-6,10,15-16H,7-9H2,1-2H3,(H,17,19). The fraction of sp³-hybridized carbons (Fsp3) is 0.429. The number of nitrogens with zero attached hydrogens (tertiary/aromatic N) is 1. The highest BCUT2D eigenvalue weighted by Crippen LogP contribution is 2.18. The number of hydrazone groups is 1. The van der Waals surface area contributed by atoms with Crippen molar-refractivity contribution < 1.29 is 4.79 Å². The van der Waals surface area contributed by atoms with Crippen LogP contribution in [0, 0.1) is 5.92 Å². The van der Waals surface area contributed by atoms with Gasteiger partial charge in [0.05, 0.1) is 5.71 Å². The molecule has 1 aromatic carbocycles. The third kappa shape index (κ3) is 3.54. The Labute approximate surface area is 113 Å². The second kappa shape index (κ2) is 6.33. The number of likely N-dealkylation sites (N-methyl/N-ethyl adjacent to an activating group) is 1. The zero-order chi connectivity index (χ0) is 13.7. The van der Waals surface area contributed by atoms with E-state index in [0.717, 1.165) is 30.1 Å². The smallest absolute Gasteiger partial charge is 0.240 e. The molecule has 0 fully saturated rings. The van der Waals surface area contributed by atoms with Crippen molar-refractivity contribution in [2.75, 3.05) is 25.5 Å². The Balaban J connectivity index is 2.04. The van der Waals surface area contributed by atoms with Crippen LogP contribution in [0.4, 0.5) is 5.69 Å². The zero-order valence-electron chi connectivity index (χ0n) is 11.4. The highest BCUT2D eigenvalue weighted by molar-refractivity contribution is 6.05. The van der Waals surface area contributed by atoms with Crippen molar-refractivity contribution in [3.8, 4) is 0 Å². The van der Waals surface area contributed by atoms with E-state index in [9.17, 15) is 4.79 Å². The molecular formula is C14H20N4O. The Morgan fingerprint density at radius 3 is 2.68 bits per heavy atom. The maximum atomic E-state index is 11.2. The Hall–Kier alpha value is -1.88. The summed E-state index contributed by atoms with van der Waals surface area (Å²) in [5.41, 5.74) is 5.64. The average molecular weight is 260 g/mol. The maximum Gasteiger partial charge on any atom is 0.240 e. The molecule has 102 valence electrons. The largest absolute Gasteiger partial charge is 0.384 e. The monoisotopic (exact) mass is 260 g/mol. The molecule has 0 aliphatic carbocycles. The molecule has 2 rings (SSSR count). The van der Waals surface area contributed by atoms with Gasteiger partial charge in [-0.05, 0) is 24.7 Å². The van der Waals surface area contributed by atoms with Gasteiger partial charge in [-0.1, -0.05) is 19.1 Å². The normalized spacial score (nSPS) is 18.7. The summed E-state index contributed by atoms with van der Waals surface area (Å²) >= 11 is 0. The van der Waals surface area contributed by atoms with Crippen molar-refractivity contribution in [3.05, 3.63) is 29.8 Å². The molecule has 0 saturated heterocycles. The lowest BCUT2D eigenvalue weighted by atomic mass is 9.94. The number of carbonyl (C=O) groups excluding carboxylic acids is 1. The van der Waals surface area contributed by atoms with Crippen LogP contribution in [0.5, 0.6) is 0 Å². The SMILES string of the molecule is CNCCNc1ccc(C2=NNC(=O)CC2C)cc1. The van der Waals surface area contributed by atoms with Crippen LogP contribution in [-0.2, 0) is 4.79 Å². The van der Waals surface area contributed by atoms with Crippen molar-refractivity contribution in [2.24, 2.45) is 11.0 Å². The van der Waals surface area contributed by atoms with Crippen molar-refractivity contribution in [2.45, 2.75) is 13.3 Å². The molecule has 5 nitrogen and oxygen atoms in total. The Morgan fingerprint density at radius 1 is 1.32 bits per heavy atom. The molecule has 0 bridgehead atoms. The third-order valence-corrected chi connectivity index (χ3v) is 3.14. The quantitative estimate of drug-likeness (QED) is 0.696. The summed E-state index contributed by atoms with van der Waals surface area (Å²) in [5, 5.41) is 10.6. The van der Waals surface area contributed by atoms with Crippen molar-refractivity contribution >= 4 is 17.3 Å². The van der Waals surface area contributed by atoms with E-state index in [4.69, 9.17) is 0 Å². The molecule has 3 N–H and O–H groups in total. The average Bonchev–Trinajstić information content (AvgIpc) is 2.40. The molecule has 1 atom stereocenters. The maximum absolute atomic E-state index is 11.2. The van der Waals surface area contributed by atoms with E-state index in [2.05, 4.69) is 21.2 Å². The predicted molar refractivity (Wildman–Crippen MR) is 77.3 cm³/mol. The third-order valence-electron chi connectivity index (χ3n) is 3.14. The summed E-state index contributed by atoms with van der Waals surface area (Å²) in [6.45, 7) is 3.84. The van der Waals surface area contributed by atoms with Crippen molar-refractivity contribution in [1.29, 1.82) is 0 Å². The van der Waals surface area contributed by atoms with Crippen LogP contribution in [0.1, 0.15) is 18.9 Å². The first kappa shape index (κ1) is 13.5. The molecule has 19 heavy (non-hydrogen) atoms. The number of hydrogen-bond acceptors (Lipinski definition) is 4. The minimum atomic E-state index is -0.0124. The second-order valence-electron chi connectivity index (χ2n) is 4.74. The van der Waals surface area contributed by atoms with Crippen LogP contribution >= 0.6 is 0 Å². The summed E-state index contributed by atoms with van der Waals surface area (Å²) in [6.07, 6.45) is 0.501. The first-order chi connectivity index (χ1) is 9.20. The van der Waals surface area contributed by atoms with Crippen LogP contribution in [0.3, 0.4) is 0 Å². The topological polar surface area (TPSA) is 65.5 Å². The number of nitrogens with one attached hydrogen (secondary N) is 3. The fourth-order valence-corrected chi connectivity index (χ4v) is 2.09. The number of amides is 1. The van der Waals surface area contributed by atoms with Gasteiger partial charge >= 0.3 is 0 Å². The Morgan fingerprint density at radius 2 is 2.05 bits per heavy atom. The molecule has 1 unspecified atom stereocenters. The van der Waals surface area contributed by atoms with Gasteiger partial charge in [-0.15, -0.1) is 0 Å². The van der Waals surface area contributed by atoms with E-state index in [1.807, 2.05) is 38.2 Å². The number of rotatable bonds is 5. The van der Waals surface area contributed by atoms with E-state index < -0.39 is 0 Å². The van der Waals surface area contributed by atoms with E-state index >= 15 is 0 Å². The van der Waals surface area contributed by atoms with Gasteiger partial charge < -0.3 is 10.6 Å². The number of carbonyl (C=O) groups is 1. The molecule has 5 heteroatoms. The van der Waals surface area contributed by atoms with Crippen LogP contribution < -0.4 is 16.1 Å². The lowest BCUT2D eigenvalue weighted by Crippen LogP contribution is -2.31. The first-order valence-corrected chi connectivity index (χ1v) is 6.56. The molecule has 1 amide bonds. The Kier molecular flexibility index (Phi) is 4.52. The summed E-state index contributed by atoms with van der Waals surface area (Å²) in [6, 6.07) is 8.15. The first-order valence-electron chi connectivity index (χ1n) is 6.56. The second-order valence-corrected chi connectivity index (χ2v) is 4.74. The minimum Gasteiger partial charge on any atom is -0.384 e. The lowest BCUT2D eigenvalue weighted by molar-refractivity contribution is -0.121. The van der Waals surface area contributed by atoms with Crippen LogP contribution in [0.2, 0.25) is 0 Å². The van der Waals surface area contributed by atoms with Gasteiger partial charge in [-0.3, -0.25) is 4.79 Å². The predicted octanol–water partition coefficient (Wildman–Crippen LogP) is 1.18. The van der Waals surface area contributed by atoms with Crippen molar-refractivity contribution in [3.63, 3.8) is 0 Å². The summed E-state index contributed by atoms with van der Waals surface area (Å²) in [7, 11) is 1.93. The van der Waals surface area contributed by atoms with Crippen LogP contribution in [0.15, 0.2) is 29.4 Å². The van der Waals surface area contributed by atoms with Gasteiger partial charge in [0.1, 0.15) is 0 Å². The van der Waals surface area contributed by atoms with E-state index in [0.29, 0.717) is 6.42 Å². The summed E-state index contributed by atoms with van der Waals surface area (Å²) < 4.78 is 0. The van der Waals surface area contributed by atoms with Gasteiger partial charge in [0.25, 0.3) is 0 Å². The minimum absolute atomic E-state index is 0.0124. The molecule has 1 heterocycles. The van der Waals surface area contributed by atoms with Crippen LogP contribution in [-0.4, -0.2) is 31.8 Å². The molecule has 0 aromatic heterocycles. The molecule has 0 saturated carbocycles. The summed E-state index contributed by atoms with van der Waals surface area (Å²) in [4.78, 5) is 11.2. The number of benzene rings is 1. The number of anilines is 1. The molecular weight excluding hydrogens is 240 g/mol.